The van der Waals surface area contributed by atoms with E-state index in [9.17, 15) is 17.6 Å². The van der Waals surface area contributed by atoms with Crippen LogP contribution in [0, 0.1) is 19.7 Å². The zero-order valence-corrected chi connectivity index (χ0v) is 22.5. The van der Waals surface area contributed by atoms with E-state index in [4.69, 9.17) is 0 Å². The standard InChI is InChI=1S/C27H24BrFN4O3S/c1-19-15-21(20(2)33(19)26-14-7-6-13-25(26)29)17-30-31-27(34)18-32(23-10-8-9-22(28)16-23)37(35,36)24-11-4-3-5-12-24/h3-17H,18H2,1-2H3,(H,31,34)/b30-17-. The van der Waals surface area contributed by atoms with Gasteiger partial charge in [0.2, 0.25) is 0 Å². The van der Waals surface area contributed by atoms with E-state index in [2.05, 4.69) is 26.5 Å². The Balaban J connectivity index is 1.55. The Labute approximate surface area is 223 Å². The molecule has 0 unspecified atom stereocenters. The molecule has 0 saturated carbocycles. The van der Waals surface area contributed by atoms with E-state index in [-0.39, 0.29) is 10.7 Å². The van der Waals surface area contributed by atoms with Crippen LogP contribution in [0.25, 0.3) is 5.69 Å². The van der Waals surface area contributed by atoms with Gasteiger partial charge >= 0.3 is 0 Å². The number of nitrogens with zero attached hydrogens (tertiary/aromatic N) is 3. The lowest BCUT2D eigenvalue weighted by Crippen LogP contribution is -2.39. The molecular formula is C27H24BrFN4O3S. The van der Waals surface area contributed by atoms with Crippen molar-refractivity contribution in [3.63, 3.8) is 0 Å². The summed E-state index contributed by atoms with van der Waals surface area (Å²) in [4.78, 5) is 12.9. The minimum Gasteiger partial charge on any atom is -0.315 e. The number of hydrazone groups is 1. The highest BCUT2D eigenvalue weighted by Crippen LogP contribution is 2.26. The first-order chi connectivity index (χ1) is 17.7. The molecule has 1 amide bonds. The summed E-state index contributed by atoms with van der Waals surface area (Å²) >= 11 is 3.35. The van der Waals surface area contributed by atoms with Crippen molar-refractivity contribution < 1.29 is 17.6 Å². The highest BCUT2D eigenvalue weighted by molar-refractivity contribution is 9.10. The maximum Gasteiger partial charge on any atom is 0.264 e. The molecule has 0 atom stereocenters. The highest BCUT2D eigenvalue weighted by atomic mass is 79.9. The third-order valence-corrected chi connectivity index (χ3v) is 7.95. The molecule has 0 bridgehead atoms. The second-order valence-corrected chi connectivity index (χ2v) is 11.0. The fourth-order valence-electron chi connectivity index (χ4n) is 3.93. The number of carbonyl (C=O) groups excluding carboxylic acids is 1. The van der Waals surface area contributed by atoms with Crippen LogP contribution in [0.1, 0.15) is 17.0 Å². The molecule has 4 aromatic rings. The quantitative estimate of drug-likeness (QED) is 0.225. The largest absolute Gasteiger partial charge is 0.315 e. The summed E-state index contributed by atoms with van der Waals surface area (Å²) in [6, 6.07) is 22.9. The summed E-state index contributed by atoms with van der Waals surface area (Å²) in [5.41, 5.74) is 5.36. The molecule has 0 aliphatic rings. The van der Waals surface area contributed by atoms with Crippen LogP contribution in [0.3, 0.4) is 0 Å². The van der Waals surface area contributed by atoms with Gasteiger partial charge in [0.15, 0.2) is 0 Å². The molecule has 0 spiro atoms. The molecule has 37 heavy (non-hydrogen) atoms. The number of halogens is 2. The average molecular weight is 583 g/mol. The van der Waals surface area contributed by atoms with E-state index in [0.29, 0.717) is 21.4 Å². The van der Waals surface area contributed by atoms with Crippen LogP contribution in [-0.4, -0.2) is 31.7 Å². The number of sulfonamides is 1. The normalized spacial score (nSPS) is 11.6. The van der Waals surface area contributed by atoms with E-state index in [1.54, 1.807) is 65.2 Å². The average Bonchev–Trinajstić information content (AvgIpc) is 3.16. The van der Waals surface area contributed by atoms with Gasteiger partial charge in [0, 0.05) is 21.4 Å². The van der Waals surface area contributed by atoms with Gasteiger partial charge in [-0.15, -0.1) is 0 Å². The molecule has 0 saturated heterocycles. The lowest BCUT2D eigenvalue weighted by Gasteiger charge is -2.23. The number of para-hydroxylation sites is 1. The second-order valence-electron chi connectivity index (χ2n) is 8.21. The zero-order valence-electron chi connectivity index (χ0n) is 20.1. The van der Waals surface area contributed by atoms with Gasteiger partial charge in [0.1, 0.15) is 12.4 Å². The number of amides is 1. The third kappa shape index (κ3) is 5.81. The molecule has 1 N–H and O–H groups in total. The molecule has 0 aliphatic carbocycles. The van der Waals surface area contributed by atoms with Crippen LogP contribution < -0.4 is 9.73 Å². The van der Waals surface area contributed by atoms with Gasteiger partial charge < -0.3 is 4.57 Å². The predicted molar refractivity (Wildman–Crippen MR) is 146 cm³/mol. The Morgan fingerprint density at radius 2 is 1.73 bits per heavy atom. The molecule has 1 aromatic heterocycles. The lowest BCUT2D eigenvalue weighted by molar-refractivity contribution is -0.119. The molecular weight excluding hydrogens is 559 g/mol. The summed E-state index contributed by atoms with van der Waals surface area (Å²) in [5.74, 6) is -0.980. The number of anilines is 1. The molecule has 4 rings (SSSR count). The van der Waals surface area contributed by atoms with E-state index in [1.165, 1.54) is 24.4 Å². The Kier molecular flexibility index (Phi) is 7.89. The van der Waals surface area contributed by atoms with Crippen molar-refractivity contribution >= 4 is 43.8 Å². The number of benzene rings is 3. The van der Waals surface area contributed by atoms with Crippen molar-refractivity contribution in [3.05, 3.63) is 112 Å². The molecule has 3 aromatic carbocycles. The lowest BCUT2D eigenvalue weighted by atomic mass is 10.2. The van der Waals surface area contributed by atoms with E-state index < -0.39 is 22.5 Å². The van der Waals surface area contributed by atoms with Gasteiger partial charge in [-0.3, -0.25) is 9.10 Å². The molecule has 7 nitrogen and oxygen atoms in total. The highest BCUT2D eigenvalue weighted by Gasteiger charge is 2.27. The first kappa shape index (κ1) is 26.3. The van der Waals surface area contributed by atoms with E-state index >= 15 is 0 Å². The van der Waals surface area contributed by atoms with Crippen molar-refractivity contribution in [2.45, 2.75) is 18.7 Å². The summed E-state index contributed by atoms with van der Waals surface area (Å²) < 4.78 is 44.6. The van der Waals surface area contributed by atoms with Crippen molar-refractivity contribution in [1.82, 2.24) is 9.99 Å². The SMILES string of the molecule is Cc1cc(/C=N\NC(=O)CN(c2cccc(Br)c2)S(=O)(=O)c2ccccc2)c(C)n1-c1ccccc1F. The van der Waals surface area contributed by atoms with Crippen LogP contribution in [-0.2, 0) is 14.8 Å². The summed E-state index contributed by atoms with van der Waals surface area (Å²) in [6.07, 6.45) is 1.45. The number of aromatic nitrogens is 1. The number of hydrogen-bond donors (Lipinski definition) is 1. The maximum atomic E-state index is 14.3. The molecule has 0 radical (unpaired) electrons. The number of aryl methyl sites for hydroxylation is 1. The number of hydrogen-bond acceptors (Lipinski definition) is 4. The molecule has 10 heteroatoms. The van der Waals surface area contributed by atoms with Gasteiger partial charge in [-0.2, -0.15) is 5.10 Å². The summed E-state index contributed by atoms with van der Waals surface area (Å²) in [7, 11) is -4.03. The fraction of sp³-hybridized carbons (Fsp3) is 0.111. The Morgan fingerprint density at radius 1 is 1.03 bits per heavy atom. The number of rotatable bonds is 8. The van der Waals surface area contributed by atoms with E-state index in [0.717, 1.165) is 15.7 Å². The van der Waals surface area contributed by atoms with Crippen LogP contribution in [0.4, 0.5) is 10.1 Å². The van der Waals surface area contributed by atoms with Crippen LogP contribution in [0.2, 0.25) is 0 Å². The maximum absolute atomic E-state index is 14.3. The Bertz CT molecular complexity index is 1570. The van der Waals surface area contributed by atoms with Crippen LogP contribution in [0.5, 0.6) is 0 Å². The number of carbonyl (C=O) groups is 1. The van der Waals surface area contributed by atoms with Gasteiger partial charge in [-0.25, -0.2) is 18.2 Å². The van der Waals surface area contributed by atoms with Crippen LogP contribution >= 0.6 is 15.9 Å². The van der Waals surface area contributed by atoms with Crippen molar-refractivity contribution in [3.8, 4) is 5.69 Å². The first-order valence-electron chi connectivity index (χ1n) is 11.3. The summed E-state index contributed by atoms with van der Waals surface area (Å²) in [5, 5.41) is 4.03. The topological polar surface area (TPSA) is 83.8 Å². The minimum absolute atomic E-state index is 0.0619. The van der Waals surface area contributed by atoms with Crippen molar-refractivity contribution in [1.29, 1.82) is 0 Å². The molecule has 0 aliphatic heterocycles. The molecule has 190 valence electrons. The first-order valence-corrected chi connectivity index (χ1v) is 13.5. The van der Waals surface area contributed by atoms with Crippen molar-refractivity contribution in [2.24, 2.45) is 5.10 Å². The van der Waals surface area contributed by atoms with Gasteiger partial charge in [-0.1, -0.05) is 52.3 Å². The monoisotopic (exact) mass is 582 g/mol. The smallest absolute Gasteiger partial charge is 0.264 e. The molecule has 0 fully saturated rings. The third-order valence-electron chi connectivity index (χ3n) is 5.67. The van der Waals surface area contributed by atoms with Crippen molar-refractivity contribution in [2.75, 3.05) is 10.8 Å². The minimum atomic E-state index is -4.03. The Hall–Kier alpha value is -3.76. The van der Waals surface area contributed by atoms with E-state index in [1.807, 2.05) is 19.9 Å². The Morgan fingerprint density at radius 3 is 2.43 bits per heavy atom. The van der Waals surface area contributed by atoms with Gasteiger partial charge in [-0.05, 0) is 62.4 Å². The molecule has 1 heterocycles. The summed E-state index contributed by atoms with van der Waals surface area (Å²) in [6.45, 7) is 3.18. The second kappa shape index (κ2) is 11.1. The fourth-order valence-corrected chi connectivity index (χ4v) is 5.75. The van der Waals surface area contributed by atoms with Gasteiger partial charge in [0.05, 0.1) is 22.5 Å². The van der Waals surface area contributed by atoms with Gasteiger partial charge in [0.25, 0.3) is 15.9 Å². The zero-order chi connectivity index (χ0) is 26.6. The number of nitrogens with one attached hydrogen (secondary N) is 1. The van der Waals surface area contributed by atoms with Crippen LogP contribution in [0.15, 0.2) is 99.4 Å². The predicted octanol–water partition coefficient (Wildman–Crippen LogP) is 5.34.